The molecule has 1 aliphatic rings. The molecule has 0 spiro atoms. The average molecular weight is 726 g/mol. The van der Waals surface area contributed by atoms with Gasteiger partial charge in [-0.2, -0.15) is 0 Å². The fourth-order valence-electron chi connectivity index (χ4n) is 6.51. The van der Waals surface area contributed by atoms with Crippen LogP contribution in [0.5, 0.6) is 11.5 Å². The topological polar surface area (TPSA) is 135 Å². The molecule has 52 heavy (non-hydrogen) atoms. The third-order valence-corrected chi connectivity index (χ3v) is 9.53. The molecule has 1 fully saturated rings. The number of hydrogen-bond donors (Lipinski definition) is 3. The predicted molar refractivity (Wildman–Crippen MR) is 203 cm³/mol. The molecular weight excluding hydrogens is 682 g/mol. The van der Waals surface area contributed by atoms with E-state index in [1.807, 2.05) is 63.2 Å². The Morgan fingerprint density at radius 3 is 2.48 bits per heavy atom. The Kier molecular flexibility index (Phi) is 10.9. The highest BCUT2D eigenvalue weighted by Gasteiger charge is 2.28. The average Bonchev–Trinajstić information content (AvgIpc) is 3.51. The number of para-hydroxylation sites is 1. The minimum absolute atomic E-state index is 0.0678. The summed E-state index contributed by atoms with van der Waals surface area (Å²) in [7, 11) is 3.18. The standard InChI is InChI=1S/C40H44ClN5O6/c1-40(2,3)52-39(49)46-16-14-24(15-17-46)21-43-35(47)23-44-37-29-8-6-7-9-31(29)45-33(18-25-10-12-27(50-4)20-34(25)51-5)36(37)38(48)26-11-13-28-30(41)22-42-32(28)19-26/h6-13,19-20,22,24,42H,14-18,21,23H2,1-5H3,(H,43,47)(H,44,45). The van der Waals surface area contributed by atoms with Crippen LogP contribution in [0.4, 0.5) is 10.5 Å². The van der Waals surface area contributed by atoms with Crippen LogP contribution in [0, 0.1) is 5.92 Å². The van der Waals surface area contributed by atoms with Gasteiger partial charge in [-0.15, -0.1) is 0 Å². The van der Waals surface area contributed by atoms with Gasteiger partial charge in [-0.05, 0) is 57.7 Å². The Morgan fingerprint density at radius 1 is 0.981 bits per heavy atom. The Labute approximate surface area is 308 Å². The van der Waals surface area contributed by atoms with Gasteiger partial charge in [-0.1, -0.05) is 48.0 Å². The number of methoxy groups -OCH3 is 2. The van der Waals surface area contributed by atoms with Crippen LogP contribution in [0.15, 0.2) is 66.9 Å². The number of carbonyl (C=O) groups excluding carboxylic acids is 3. The molecule has 3 heterocycles. The van der Waals surface area contributed by atoms with E-state index in [2.05, 4.69) is 15.6 Å². The molecule has 272 valence electrons. The van der Waals surface area contributed by atoms with Gasteiger partial charge in [0.25, 0.3) is 0 Å². The van der Waals surface area contributed by atoms with Gasteiger partial charge in [0, 0.05) is 65.7 Å². The summed E-state index contributed by atoms with van der Waals surface area (Å²) in [5.41, 5.74) is 3.51. The first kappa shape index (κ1) is 36.5. The molecule has 2 amide bonds. The Hall–Kier alpha value is -5.29. The van der Waals surface area contributed by atoms with Crippen LogP contribution in [0.25, 0.3) is 21.8 Å². The first-order valence-corrected chi connectivity index (χ1v) is 17.7. The number of nitrogens with zero attached hydrogens (tertiary/aromatic N) is 2. The molecular formula is C40H44ClN5O6. The highest BCUT2D eigenvalue weighted by atomic mass is 35.5. The van der Waals surface area contributed by atoms with Gasteiger partial charge in [-0.25, -0.2) is 4.79 Å². The van der Waals surface area contributed by atoms with Crippen molar-refractivity contribution in [2.75, 3.05) is 45.7 Å². The lowest BCUT2D eigenvalue weighted by atomic mass is 9.93. The molecule has 1 aliphatic heterocycles. The number of rotatable bonds is 11. The van der Waals surface area contributed by atoms with Crippen LogP contribution < -0.4 is 20.1 Å². The Morgan fingerprint density at radius 2 is 1.75 bits per heavy atom. The van der Waals surface area contributed by atoms with Crippen molar-refractivity contribution in [3.05, 3.63) is 94.3 Å². The van der Waals surface area contributed by atoms with E-state index in [1.165, 1.54) is 0 Å². The van der Waals surface area contributed by atoms with E-state index in [1.54, 1.807) is 43.5 Å². The second kappa shape index (κ2) is 15.5. The summed E-state index contributed by atoms with van der Waals surface area (Å²) in [6.45, 7) is 7.12. The number of halogens is 1. The molecule has 12 heteroatoms. The molecule has 0 aliphatic carbocycles. The van der Waals surface area contributed by atoms with Gasteiger partial charge >= 0.3 is 6.09 Å². The van der Waals surface area contributed by atoms with Gasteiger partial charge in [0.1, 0.15) is 17.1 Å². The van der Waals surface area contributed by atoms with Gasteiger partial charge in [-0.3, -0.25) is 14.6 Å². The number of piperidine rings is 1. The molecule has 1 saturated heterocycles. The van der Waals surface area contributed by atoms with Crippen LogP contribution >= 0.6 is 11.6 Å². The fraction of sp³-hybridized carbons (Fsp3) is 0.350. The smallest absolute Gasteiger partial charge is 0.410 e. The Bertz CT molecular complexity index is 2120. The third kappa shape index (κ3) is 8.26. The largest absolute Gasteiger partial charge is 0.497 e. The fourth-order valence-corrected chi connectivity index (χ4v) is 6.73. The van der Waals surface area contributed by atoms with E-state index in [-0.39, 0.29) is 36.7 Å². The van der Waals surface area contributed by atoms with Crippen LogP contribution in [0.3, 0.4) is 0 Å². The summed E-state index contributed by atoms with van der Waals surface area (Å²) in [4.78, 5) is 50.3. The molecule has 3 N–H and O–H groups in total. The number of benzene rings is 3. The number of pyridine rings is 1. The number of nitrogens with one attached hydrogen (secondary N) is 3. The Balaban J connectivity index is 1.27. The summed E-state index contributed by atoms with van der Waals surface area (Å²) in [5.74, 6) is 0.996. The maximum absolute atomic E-state index is 14.6. The minimum atomic E-state index is -0.549. The number of carbonyl (C=O) groups is 3. The molecule has 11 nitrogen and oxygen atoms in total. The third-order valence-electron chi connectivity index (χ3n) is 9.22. The molecule has 2 aromatic heterocycles. The van der Waals surface area contributed by atoms with Crippen molar-refractivity contribution in [2.24, 2.45) is 5.92 Å². The van der Waals surface area contributed by atoms with Gasteiger partial charge in [0.05, 0.1) is 48.2 Å². The molecule has 5 aromatic rings. The molecule has 0 unspecified atom stereocenters. The van der Waals surface area contributed by atoms with Crippen molar-refractivity contribution < 1.29 is 28.6 Å². The number of fused-ring (bicyclic) bond motifs is 2. The molecule has 6 rings (SSSR count). The van der Waals surface area contributed by atoms with Crippen LogP contribution in [0.1, 0.15) is 60.8 Å². The molecule has 0 saturated carbocycles. The molecule has 3 aromatic carbocycles. The second-order valence-corrected chi connectivity index (χ2v) is 14.4. The quantitative estimate of drug-likeness (QED) is 0.120. The van der Waals surface area contributed by atoms with E-state index in [0.717, 1.165) is 29.3 Å². The zero-order valence-electron chi connectivity index (χ0n) is 30.1. The highest BCUT2D eigenvalue weighted by Crippen LogP contribution is 2.35. The lowest BCUT2D eigenvalue weighted by Gasteiger charge is -2.33. The van der Waals surface area contributed by atoms with Crippen molar-refractivity contribution >= 4 is 56.9 Å². The van der Waals surface area contributed by atoms with Crippen molar-refractivity contribution in [2.45, 2.75) is 45.6 Å². The molecule has 0 bridgehead atoms. The van der Waals surface area contributed by atoms with E-state index >= 15 is 0 Å². The van der Waals surface area contributed by atoms with Crippen molar-refractivity contribution in [3.8, 4) is 11.5 Å². The first-order chi connectivity index (χ1) is 24.9. The van der Waals surface area contributed by atoms with Crippen molar-refractivity contribution in [1.29, 1.82) is 0 Å². The van der Waals surface area contributed by atoms with Crippen LogP contribution in [0.2, 0.25) is 5.02 Å². The zero-order valence-corrected chi connectivity index (χ0v) is 30.9. The second-order valence-electron chi connectivity index (χ2n) is 14.0. The maximum Gasteiger partial charge on any atom is 0.410 e. The summed E-state index contributed by atoms with van der Waals surface area (Å²) >= 11 is 6.35. The van der Waals surface area contributed by atoms with E-state index in [9.17, 15) is 14.4 Å². The number of anilines is 1. The van der Waals surface area contributed by atoms with E-state index < -0.39 is 5.60 Å². The van der Waals surface area contributed by atoms with Gasteiger partial charge in [0.15, 0.2) is 5.78 Å². The van der Waals surface area contributed by atoms with E-state index in [0.29, 0.717) is 69.6 Å². The highest BCUT2D eigenvalue weighted by molar-refractivity contribution is 6.35. The summed E-state index contributed by atoms with van der Waals surface area (Å²) < 4.78 is 16.6. The van der Waals surface area contributed by atoms with Crippen LogP contribution in [-0.2, 0) is 16.0 Å². The number of amides is 2. The maximum atomic E-state index is 14.6. The number of aromatic amines is 1. The van der Waals surface area contributed by atoms with Gasteiger partial charge in [0.2, 0.25) is 5.91 Å². The SMILES string of the molecule is COc1ccc(Cc2nc3ccccc3c(NCC(=O)NCC3CCN(C(=O)OC(C)(C)C)CC3)c2C(=O)c2ccc3c(Cl)c[nH]c3c2)c(OC)c1. The summed E-state index contributed by atoms with van der Waals surface area (Å²) in [5, 5.41) is 8.47. The van der Waals surface area contributed by atoms with Gasteiger partial charge < -0.3 is 34.7 Å². The summed E-state index contributed by atoms with van der Waals surface area (Å²) in [6.07, 6.45) is 3.17. The number of ether oxygens (including phenoxy) is 3. The number of likely N-dealkylation sites (tertiary alicyclic amines) is 1. The molecule has 0 radical (unpaired) electrons. The minimum Gasteiger partial charge on any atom is -0.497 e. The number of aromatic nitrogens is 2. The number of hydrogen-bond acceptors (Lipinski definition) is 8. The van der Waals surface area contributed by atoms with Crippen molar-refractivity contribution in [1.82, 2.24) is 20.2 Å². The lowest BCUT2D eigenvalue weighted by Crippen LogP contribution is -2.44. The zero-order chi connectivity index (χ0) is 37.0. The van der Waals surface area contributed by atoms with Crippen molar-refractivity contribution in [3.63, 3.8) is 0 Å². The number of ketones is 1. The lowest BCUT2D eigenvalue weighted by molar-refractivity contribution is -0.119. The number of H-pyrrole nitrogens is 1. The van der Waals surface area contributed by atoms with Crippen LogP contribution in [-0.4, -0.2) is 78.7 Å². The summed E-state index contributed by atoms with van der Waals surface area (Å²) in [6, 6.07) is 18.4. The molecule has 0 atom stereocenters. The van der Waals surface area contributed by atoms with E-state index in [4.69, 9.17) is 30.8 Å². The first-order valence-electron chi connectivity index (χ1n) is 17.4. The predicted octanol–water partition coefficient (Wildman–Crippen LogP) is 7.38. The monoisotopic (exact) mass is 725 g/mol. The normalized spacial score (nSPS) is 13.6.